The molecule has 0 unspecified atom stereocenters. The number of rotatable bonds is 7. The van der Waals surface area contributed by atoms with Gasteiger partial charge in [0, 0.05) is 21.3 Å². The summed E-state index contributed by atoms with van der Waals surface area (Å²) >= 11 is 13.1. The summed E-state index contributed by atoms with van der Waals surface area (Å²) < 4.78 is 17.9. The van der Waals surface area contributed by atoms with Gasteiger partial charge in [0.1, 0.15) is 12.4 Å². The van der Waals surface area contributed by atoms with Gasteiger partial charge in [-0.2, -0.15) is 0 Å². The lowest BCUT2D eigenvalue weighted by Gasteiger charge is -2.08. The zero-order valence-corrected chi connectivity index (χ0v) is 15.3. The average molecular weight is 402 g/mol. The van der Waals surface area contributed by atoms with Gasteiger partial charge in [0.2, 0.25) is 5.91 Å². The molecule has 0 saturated heterocycles. The third-order valence-corrected chi connectivity index (χ3v) is 4.63. The number of carbonyl (C=O) groups is 2. The van der Waals surface area contributed by atoms with Crippen molar-refractivity contribution in [3.63, 3.8) is 0 Å². The Hall–Kier alpha value is -1.76. The van der Waals surface area contributed by atoms with E-state index in [-0.39, 0.29) is 29.8 Å². The number of thioether (sulfide) groups is 1. The molecule has 0 spiro atoms. The Balaban J connectivity index is 1.69. The molecule has 0 bridgehead atoms. The van der Waals surface area contributed by atoms with Crippen LogP contribution in [0.1, 0.15) is 5.56 Å². The van der Waals surface area contributed by atoms with Crippen LogP contribution < -0.4 is 5.32 Å². The van der Waals surface area contributed by atoms with Crippen LogP contribution >= 0.6 is 35.0 Å². The first-order valence-corrected chi connectivity index (χ1v) is 9.08. The van der Waals surface area contributed by atoms with Crippen LogP contribution in [0.25, 0.3) is 0 Å². The summed E-state index contributed by atoms with van der Waals surface area (Å²) in [7, 11) is 0. The molecule has 2 aromatic carbocycles. The molecule has 2 aromatic rings. The van der Waals surface area contributed by atoms with Crippen LogP contribution in [0.4, 0.5) is 10.1 Å². The molecule has 0 aliphatic carbocycles. The van der Waals surface area contributed by atoms with Crippen molar-refractivity contribution in [3.05, 3.63) is 63.9 Å². The topological polar surface area (TPSA) is 55.4 Å². The van der Waals surface area contributed by atoms with Gasteiger partial charge in [0.05, 0.1) is 11.5 Å². The molecular weight excluding hydrogens is 388 g/mol. The van der Waals surface area contributed by atoms with Crippen LogP contribution in [0.2, 0.25) is 10.0 Å². The van der Waals surface area contributed by atoms with E-state index in [0.717, 1.165) is 11.8 Å². The number of benzene rings is 2. The molecule has 1 N–H and O–H groups in total. The third-order valence-electron chi connectivity index (χ3n) is 3.02. The number of nitrogens with one attached hydrogen (secondary N) is 1. The molecule has 132 valence electrons. The maximum Gasteiger partial charge on any atom is 0.316 e. The first-order valence-electron chi connectivity index (χ1n) is 7.17. The smallest absolute Gasteiger partial charge is 0.316 e. The second-order valence-corrected chi connectivity index (χ2v) is 6.71. The van der Waals surface area contributed by atoms with Crippen LogP contribution in [-0.4, -0.2) is 23.4 Å². The van der Waals surface area contributed by atoms with Crippen LogP contribution in [-0.2, 0) is 20.9 Å². The van der Waals surface area contributed by atoms with Crippen molar-refractivity contribution in [2.45, 2.75) is 6.61 Å². The van der Waals surface area contributed by atoms with E-state index in [1.54, 1.807) is 18.2 Å². The minimum atomic E-state index is -0.476. The molecule has 2 rings (SSSR count). The Morgan fingerprint density at radius 3 is 2.32 bits per heavy atom. The standard InChI is InChI=1S/C17H14Cl2FNO3S/c18-14-2-1-3-15(19)13(14)8-24-17(23)10-25-9-16(22)21-12-6-4-11(20)5-7-12/h1-7H,8-10H2,(H,21,22). The van der Waals surface area contributed by atoms with Gasteiger partial charge >= 0.3 is 5.97 Å². The number of amides is 1. The number of esters is 1. The van der Waals surface area contributed by atoms with E-state index in [4.69, 9.17) is 27.9 Å². The summed E-state index contributed by atoms with van der Waals surface area (Å²) in [6, 6.07) is 10.4. The molecule has 8 heteroatoms. The number of anilines is 1. The Morgan fingerprint density at radius 1 is 1.04 bits per heavy atom. The number of ether oxygens (including phenoxy) is 1. The maximum atomic E-state index is 12.8. The number of halogens is 3. The highest BCUT2D eigenvalue weighted by molar-refractivity contribution is 8.00. The van der Waals surface area contributed by atoms with Crippen molar-refractivity contribution < 1.29 is 18.7 Å². The van der Waals surface area contributed by atoms with E-state index in [2.05, 4.69) is 5.32 Å². The van der Waals surface area contributed by atoms with Gasteiger partial charge < -0.3 is 10.1 Å². The van der Waals surface area contributed by atoms with E-state index in [9.17, 15) is 14.0 Å². The highest BCUT2D eigenvalue weighted by Crippen LogP contribution is 2.25. The molecule has 0 atom stereocenters. The molecule has 0 heterocycles. The summed E-state index contributed by atoms with van der Waals surface area (Å²) in [5, 5.41) is 3.45. The monoisotopic (exact) mass is 401 g/mol. The summed E-state index contributed by atoms with van der Waals surface area (Å²) in [5.41, 5.74) is 1.03. The summed E-state index contributed by atoms with van der Waals surface area (Å²) in [4.78, 5) is 23.4. The lowest BCUT2D eigenvalue weighted by molar-refractivity contribution is -0.141. The SMILES string of the molecule is O=C(CSCC(=O)OCc1c(Cl)cccc1Cl)Nc1ccc(F)cc1. The summed E-state index contributed by atoms with van der Waals surface area (Å²) in [6.45, 7) is -0.0281. The predicted octanol–water partition coefficient (Wildman–Crippen LogP) is 4.55. The van der Waals surface area contributed by atoms with E-state index in [0.29, 0.717) is 21.3 Å². The largest absolute Gasteiger partial charge is 0.460 e. The second kappa shape index (κ2) is 9.65. The molecule has 0 aliphatic heterocycles. The van der Waals surface area contributed by atoms with Crippen molar-refractivity contribution in [2.75, 3.05) is 16.8 Å². The van der Waals surface area contributed by atoms with Crippen LogP contribution in [0.3, 0.4) is 0 Å². The average Bonchev–Trinajstić information content (AvgIpc) is 2.56. The van der Waals surface area contributed by atoms with E-state index in [1.807, 2.05) is 0 Å². The molecule has 0 aromatic heterocycles. The van der Waals surface area contributed by atoms with Gasteiger partial charge in [-0.1, -0.05) is 29.3 Å². The van der Waals surface area contributed by atoms with Gasteiger partial charge in [0.25, 0.3) is 0 Å². The molecule has 4 nitrogen and oxygen atoms in total. The fraction of sp³-hybridized carbons (Fsp3) is 0.176. The molecule has 1 amide bonds. The Labute approximate surface area is 158 Å². The quantitative estimate of drug-likeness (QED) is 0.691. The zero-order valence-electron chi connectivity index (χ0n) is 12.9. The number of hydrogen-bond acceptors (Lipinski definition) is 4. The van der Waals surface area contributed by atoms with Crippen molar-refractivity contribution in [2.24, 2.45) is 0 Å². The molecular formula is C17H14Cl2FNO3S. The Morgan fingerprint density at radius 2 is 1.68 bits per heavy atom. The van der Waals surface area contributed by atoms with Gasteiger partial charge in [-0.25, -0.2) is 4.39 Å². The summed E-state index contributed by atoms with van der Waals surface area (Å²) in [5.74, 6) is -1.07. The minimum Gasteiger partial charge on any atom is -0.460 e. The fourth-order valence-electron chi connectivity index (χ4n) is 1.82. The van der Waals surface area contributed by atoms with Crippen molar-refractivity contribution >= 4 is 52.5 Å². The number of hydrogen-bond donors (Lipinski definition) is 1. The van der Waals surface area contributed by atoms with E-state index in [1.165, 1.54) is 24.3 Å². The maximum absolute atomic E-state index is 12.8. The zero-order chi connectivity index (χ0) is 18.2. The number of carbonyl (C=O) groups excluding carboxylic acids is 2. The Kier molecular flexibility index (Phi) is 7.55. The van der Waals surface area contributed by atoms with Gasteiger partial charge in [-0.15, -0.1) is 11.8 Å². The van der Waals surface area contributed by atoms with E-state index >= 15 is 0 Å². The van der Waals surface area contributed by atoms with Crippen molar-refractivity contribution in [1.82, 2.24) is 0 Å². The third kappa shape index (κ3) is 6.57. The predicted molar refractivity (Wildman–Crippen MR) is 98.6 cm³/mol. The van der Waals surface area contributed by atoms with Crippen LogP contribution in [0, 0.1) is 5.82 Å². The van der Waals surface area contributed by atoms with E-state index < -0.39 is 5.97 Å². The van der Waals surface area contributed by atoms with Crippen LogP contribution in [0.15, 0.2) is 42.5 Å². The van der Waals surface area contributed by atoms with Gasteiger partial charge in [-0.05, 0) is 36.4 Å². The van der Waals surface area contributed by atoms with Crippen molar-refractivity contribution in [3.8, 4) is 0 Å². The Bertz CT molecular complexity index is 736. The first kappa shape index (κ1) is 19.6. The lowest BCUT2D eigenvalue weighted by Crippen LogP contribution is -2.16. The highest BCUT2D eigenvalue weighted by atomic mass is 35.5. The minimum absolute atomic E-state index is 0.0128. The van der Waals surface area contributed by atoms with Crippen molar-refractivity contribution in [1.29, 1.82) is 0 Å². The second-order valence-electron chi connectivity index (χ2n) is 4.91. The fourth-order valence-corrected chi connectivity index (χ4v) is 2.94. The highest BCUT2D eigenvalue weighted by Gasteiger charge is 2.10. The lowest BCUT2D eigenvalue weighted by atomic mass is 10.2. The molecule has 0 fully saturated rings. The van der Waals surface area contributed by atoms with Crippen LogP contribution in [0.5, 0.6) is 0 Å². The molecule has 0 saturated carbocycles. The normalized spacial score (nSPS) is 10.4. The molecule has 0 aliphatic rings. The molecule has 25 heavy (non-hydrogen) atoms. The molecule has 0 radical (unpaired) electrons. The van der Waals surface area contributed by atoms with Gasteiger partial charge in [-0.3, -0.25) is 9.59 Å². The summed E-state index contributed by atoms with van der Waals surface area (Å²) in [6.07, 6.45) is 0. The first-order chi connectivity index (χ1) is 12.0. The van der Waals surface area contributed by atoms with Gasteiger partial charge in [0.15, 0.2) is 0 Å².